The van der Waals surface area contributed by atoms with Gasteiger partial charge in [-0.3, -0.25) is 0 Å². The quantitative estimate of drug-likeness (QED) is 0.208. The summed E-state index contributed by atoms with van der Waals surface area (Å²) in [5.74, 6) is 0. The van der Waals surface area contributed by atoms with Crippen molar-refractivity contribution >= 4 is 72.5 Å². The van der Waals surface area contributed by atoms with Crippen molar-refractivity contribution in [1.82, 2.24) is 0 Å². The van der Waals surface area contributed by atoms with Crippen molar-refractivity contribution < 1.29 is 33.5 Å². The number of hydrogen-bond acceptors (Lipinski definition) is 0. The Balaban J connectivity index is -0.0000000482. The molecule has 0 aliphatic carbocycles. The van der Waals surface area contributed by atoms with Gasteiger partial charge in [0, 0.05) is 0 Å². The Morgan fingerprint density at radius 2 is 0.571 bits per heavy atom. The zero-order valence-corrected chi connectivity index (χ0v) is 21.4. The second-order valence-corrected chi connectivity index (χ2v) is 26.9. The molecule has 0 saturated carbocycles. The van der Waals surface area contributed by atoms with Crippen LogP contribution in [0, 0.1) is 0 Å². The first kappa shape index (κ1) is 26.6. The summed E-state index contributed by atoms with van der Waals surface area (Å²) in [6, 6.07) is 0. The standard InChI is InChI=1S/2C3H9S.2Br2I/c2*1-4(2)3;2*1-3-2/h2*1-3H3;;/q2*+1;2*-1. The van der Waals surface area contributed by atoms with E-state index >= 15 is 0 Å². The molecule has 0 aliphatic rings. The third-order valence-electron chi connectivity index (χ3n) is 0. The van der Waals surface area contributed by atoms with Crippen LogP contribution in [-0.4, -0.2) is 37.5 Å². The Hall–Kier alpha value is 4.08. The van der Waals surface area contributed by atoms with E-state index in [4.69, 9.17) is 0 Å². The van der Waals surface area contributed by atoms with Gasteiger partial charge in [-0.1, -0.05) is 0 Å². The minimum absolute atomic E-state index is 0.215. The molecule has 0 rings (SSSR count). The monoisotopic (exact) mass is 724 g/mol. The smallest absolute Gasteiger partial charge is 0.0219 e. The first-order valence-electron chi connectivity index (χ1n) is 3.02. The Morgan fingerprint density at radius 3 is 0.571 bits per heavy atom. The van der Waals surface area contributed by atoms with Crippen LogP contribution in [0.2, 0.25) is 0 Å². The van der Waals surface area contributed by atoms with Crippen LogP contribution in [0.3, 0.4) is 0 Å². The molecule has 0 radical (unpaired) electrons. The van der Waals surface area contributed by atoms with Crippen molar-refractivity contribution in [3.63, 3.8) is 0 Å². The van der Waals surface area contributed by atoms with Gasteiger partial charge in [-0.05, 0) is 21.8 Å². The Kier molecular flexibility index (Phi) is 57.5. The largest absolute Gasteiger partial charge is 0.0969 e. The predicted octanol–water partition coefficient (Wildman–Crippen LogP) is -1.62. The normalized spacial score (nSPS) is 8.29. The molecule has 14 heavy (non-hydrogen) atoms. The van der Waals surface area contributed by atoms with Gasteiger partial charge >= 0.3 is 84.3 Å². The molecule has 0 N–H and O–H groups in total. The molecule has 0 saturated heterocycles. The van der Waals surface area contributed by atoms with Gasteiger partial charge in [0.05, 0.1) is 37.5 Å². The number of halogens is 6. The third kappa shape index (κ3) is 220. The molecule has 0 aromatic heterocycles. The maximum atomic E-state index is 3.17. The maximum absolute atomic E-state index is 3.17. The van der Waals surface area contributed by atoms with E-state index in [0.717, 1.165) is 0 Å². The predicted molar refractivity (Wildman–Crippen MR) is 86.0 cm³/mol. The van der Waals surface area contributed by atoms with Gasteiger partial charge in [-0.2, -0.15) is 0 Å². The average molecular weight is 728 g/mol. The molecule has 0 aliphatic heterocycles. The fourth-order valence-electron chi connectivity index (χ4n) is 0. The molecule has 0 unspecified atom stereocenters. The topological polar surface area (TPSA) is 0 Å². The van der Waals surface area contributed by atoms with Crippen LogP contribution < -0.4 is 33.5 Å². The van der Waals surface area contributed by atoms with Crippen LogP contribution in [0.4, 0.5) is 0 Å². The van der Waals surface area contributed by atoms with Crippen LogP contribution in [0.25, 0.3) is 0 Å². The molecule has 0 amide bonds. The summed E-state index contributed by atoms with van der Waals surface area (Å²) in [7, 11) is 1.28. The van der Waals surface area contributed by atoms with Crippen LogP contribution in [-0.2, 0) is 21.8 Å². The van der Waals surface area contributed by atoms with Gasteiger partial charge in [0.1, 0.15) is 0 Å². The Labute approximate surface area is 140 Å². The Bertz CT molecular complexity index is 56.3. The van der Waals surface area contributed by atoms with Crippen LogP contribution in [0.1, 0.15) is 0 Å². The first-order valence-corrected chi connectivity index (χ1v) is 27.3. The molecule has 0 heterocycles. The summed E-state index contributed by atoms with van der Waals surface area (Å²) in [6.45, 7) is 0. The molecule has 0 nitrogen and oxygen atoms in total. The minimum atomic E-state index is 0.215. The van der Waals surface area contributed by atoms with Crippen molar-refractivity contribution in [1.29, 1.82) is 0 Å². The molecule has 0 aromatic rings. The van der Waals surface area contributed by atoms with Gasteiger partial charge in [0.2, 0.25) is 0 Å². The van der Waals surface area contributed by atoms with Gasteiger partial charge in [0.15, 0.2) is 0 Å². The molecule has 0 atom stereocenters. The fraction of sp³-hybridized carbons (Fsp3) is 1.00. The second-order valence-electron chi connectivity index (χ2n) is 2.56. The van der Waals surface area contributed by atoms with E-state index in [0.29, 0.717) is 21.8 Å². The van der Waals surface area contributed by atoms with E-state index in [9.17, 15) is 0 Å². The molecular formula is C6H18Br4I2S2. The fourth-order valence-corrected chi connectivity index (χ4v) is 0. The van der Waals surface area contributed by atoms with Crippen LogP contribution in [0.5, 0.6) is 0 Å². The van der Waals surface area contributed by atoms with Crippen LogP contribution >= 0.6 is 50.8 Å². The zero-order valence-electron chi connectivity index (χ0n) is 9.08. The summed E-state index contributed by atoms with van der Waals surface area (Å²) >= 11 is 13.1. The maximum Gasteiger partial charge on any atom is 0.0969 e. The molecule has 0 fully saturated rings. The van der Waals surface area contributed by atoms with Gasteiger partial charge < -0.3 is 0 Å². The third-order valence-corrected chi connectivity index (χ3v) is 0. The van der Waals surface area contributed by atoms with Gasteiger partial charge in [-0.25, -0.2) is 0 Å². The average Bonchev–Trinajstić information content (AvgIpc) is 1.85. The summed E-state index contributed by atoms with van der Waals surface area (Å²) < 4.78 is 0. The van der Waals surface area contributed by atoms with E-state index in [1.165, 1.54) is 0 Å². The van der Waals surface area contributed by atoms with Gasteiger partial charge in [0.25, 0.3) is 0 Å². The van der Waals surface area contributed by atoms with E-state index in [2.05, 4.69) is 88.3 Å². The molecular weight excluding hydrogens is 710 g/mol. The summed E-state index contributed by atoms with van der Waals surface area (Å²) in [6.07, 6.45) is 13.2. The number of rotatable bonds is 0. The van der Waals surface area contributed by atoms with Crippen molar-refractivity contribution in [3.8, 4) is 0 Å². The van der Waals surface area contributed by atoms with E-state index in [1.54, 1.807) is 0 Å². The van der Waals surface area contributed by atoms with Crippen molar-refractivity contribution in [3.05, 3.63) is 0 Å². The molecule has 96 valence electrons. The summed E-state index contributed by atoms with van der Waals surface area (Å²) in [4.78, 5) is 0. The molecule has 0 bridgehead atoms. The molecule has 0 aromatic carbocycles. The van der Waals surface area contributed by atoms with Crippen LogP contribution in [0.15, 0.2) is 0 Å². The van der Waals surface area contributed by atoms with E-state index in [1.807, 2.05) is 0 Å². The minimum Gasteiger partial charge on any atom is -0.0219 e. The van der Waals surface area contributed by atoms with Crippen molar-refractivity contribution in [2.45, 2.75) is 0 Å². The Morgan fingerprint density at radius 1 is 0.571 bits per heavy atom. The van der Waals surface area contributed by atoms with Crippen molar-refractivity contribution in [2.24, 2.45) is 0 Å². The second kappa shape index (κ2) is 30.3. The molecule has 0 spiro atoms. The van der Waals surface area contributed by atoms with Crippen molar-refractivity contribution in [2.75, 3.05) is 37.5 Å². The SMILES string of the molecule is Br[I-]Br.Br[I-]Br.C[S+](C)C.C[S+](C)C. The van der Waals surface area contributed by atoms with E-state index < -0.39 is 0 Å². The zero-order chi connectivity index (χ0) is 12.6. The van der Waals surface area contributed by atoms with E-state index in [-0.39, 0.29) is 33.5 Å². The number of hydrogen-bond donors (Lipinski definition) is 0. The summed E-state index contributed by atoms with van der Waals surface area (Å²) in [5.41, 5.74) is 0. The van der Waals surface area contributed by atoms with Gasteiger partial charge in [-0.15, -0.1) is 0 Å². The molecule has 8 heteroatoms. The summed E-state index contributed by atoms with van der Waals surface area (Å²) in [5, 5.41) is 0. The first-order chi connectivity index (χ1) is 6.29.